The lowest BCUT2D eigenvalue weighted by Gasteiger charge is -2.25. The van der Waals surface area contributed by atoms with Gasteiger partial charge in [0.2, 0.25) is 6.79 Å². The van der Waals surface area contributed by atoms with E-state index in [0.29, 0.717) is 54.7 Å². The van der Waals surface area contributed by atoms with Crippen LogP contribution >= 0.6 is 11.3 Å². The highest BCUT2D eigenvalue weighted by Gasteiger charge is 2.35. The highest BCUT2D eigenvalue weighted by Crippen LogP contribution is 2.36. The van der Waals surface area contributed by atoms with E-state index in [9.17, 15) is 14.0 Å². The summed E-state index contributed by atoms with van der Waals surface area (Å²) in [6.07, 6.45) is 1.74. The van der Waals surface area contributed by atoms with Crippen LogP contribution in [-0.4, -0.2) is 31.0 Å². The fourth-order valence-corrected chi connectivity index (χ4v) is 6.64. The van der Waals surface area contributed by atoms with E-state index in [0.717, 1.165) is 5.56 Å². The standard InChI is InChI=1S/C37H29FN2O7S/c1-3-44-36(42)32-33(24-7-5-4-6-8-24)39-37-40(34(32)25-11-13-26(38)14-12-25)35(41)31(48-37)19-22-9-15-27(29(17-22)43-2)45-20-23-10-16-28-30(18-23)47-21-46-28/h4-19,34H,3,20-21H2,1-2H3/b31-19-/t34-/m0/s1. The first kappa shape index (κ1) is 30.9. The van der Waals surface area contributed by atoms with E-state index in [1.165, 1.54) is 28.0 Å². The number of ether oxygens (including phenoxy) is 5. The second-order valence-corrected chi connectivity index (χ2v) is 11.9. The van der Waals surface area contributed by atoms with Crippen molar-refractivity contribution in [2.45, 2.75) is 19.6 Å². The molecule has 0 bridgehead atoms. The molecule has 0 fully saturated rings. The van der Waals surface area contributed by atoms with Crippen molar-refractivity contribution in [2.75, 3.05) is 20.5 Å². The van der Waals surface area contributed by atoms with Crippen LogP contribution in [0.25, 0.3) is 11.8 Å². The predicted octanol–water partition coefficient (Wildman–Crippen LogP) is 5.39. The topological polar surface area (TPSA) is 97.6 Å². The van der Waals surface area contributed by atoms with Crippen LogP contribution in [0.1, 0.15) is 35.2 Å². The number of halogens is 1. The molecule has 48 heavy (non-hydrogen) atoms. The summed E-state index contributed by atoms with van der Waals surface area (Å²) in [6.45, 7) is 2.31. The SMILES string of the molecule is CCOC(=O)C1=C(c2ccccc2)N=c2s/c(=C\c3ccc(OCc4ccc5c(c4)OCO5)c(OC)c3)c(=O)n2[C@H]1c1ccc(F)cc1. The van der Waals surface area contributed by atoms with E-state index in [4.69, 9.17) is 28.7 Å². The van der Waals surface area contributed by atoms with Gasteiger partial charge in [-0.15, -0.1) is 0 Å². The van der Waals surface area contributed by atoms with Crippen LogP contribution in [0.4, 0.5) is 4.39 Å². The number of carbonyl (C=O) groups excluding carboxylic acids is 1. The molecule has 0 unspecified atom stereocenters. The Morgan fingerprint density at radius 3 is 2.56 bits per heavy atom. The average Bonchev–Trinajstić information content (AvgIpc) is 3.71. The van der Waals surface area contributed by atoms with Crippen molar-refractivity contribution >= 4 is 29.1 Å². The Morgan fingerprint density at radius 1 is 1.00 bits per heavy atom. The number of methoxy groups -OCH3 is 1. The quantitative estimate of drug-likeness (QED) is 0.195. The van der Waals surface area contributed by atoms with Gasteiger partial charge in [0.15, 0.2) is 27.8 Å². The maximum absolute atomic E-state index is 14.2. The molecular formula is C37H29FN2O7S. The summed E-state index contributed by atoms with van der Waals surface area (Å²) in [5.74, 6) is 1.34. The minimum Gasteiger partial charge on any atom is -0.493 e. The first-order valence-corrected chi connectivity index (χ1v) is 16.0. The van der Waals surface area contributed by atoms with Gasteiger partial charge in [0.1, 0.15) is 12.4 Å². The van der Waals surface area contributed by atoms with Crippen molar-refractivity contribution in [1.29, 1.82) is 0 Å². The number of aromatic nitrogens is 1. The molecule has 0 aliphatic carbocycles. The van der Waals surface area contributed by atoms with Crippen molar-refractivity contribution in [2.24, 2.45) is 4.99 Å². The lowest BCUT2D eigenvalue weighted by atomic mass is 9.93. The van der Waals surface area contributed by atoms with Crippen molar-refractivity contribution < 1.29 is 32.9 Å². The van der Waals surface area contributed by atoms with E-state index in [-0.39, 0.29) is 31.1 Å². The molecular weight excluding hydrogens is 635 g/mol. The van der Waals surface area contributed by atoms with Crippen LogP contribution in [0, 0.1) is 5.82 Å². The molecule has 9 nitrogen and oxygen atoms in total. The minimum atomic E-state index is -0.903. The van der Waals surface area contributed by atoms with E-state index in [1.54, 1.807) is 44.4 Å². The van der Waals surface area contributed by atoms with Crippen LogP contribution in [0.15, 0.2) is 106 Å². The molecule has 0 amide bonds. The monoisotopic (exact) mass is 664 g/mol. The third-order valence-corrected chi connectivity index (χ3v) is 8.86. The number of carbonyl (C=O) groups is 1. The molecule has 2 aliphatic rings. The largest absolute Gasteiger partial charge is 0.493 e. The molecule has 11 heteroatoms. The fraction of sp³-hybridized carbons (Fsp3) is 0.162. The van der Waals surface area contributed by atoms with Gasteiger partial charge in [-0.05, 0) is 66.1 Å². The van der Waals surface area contributed by atoms with Gasteiger partial charge in [-0.25, -0.2) is 14.2 Å². The number of rotatable bonds is 9. The van der Waals surface area contributed by atoms with Gasteiger partial charge in [-0.2, -0.15) is 0 Å². The minimum absolute atomic E-state index is 0.128. The lowest BCUT2D eigenvalue weighted by Crippen LogP contribution is -2.40. The van der Waals surface area contributed by atoms with Gasteiger partial charge in [0, 0.05) is 5.56 Å². The van der Waals surface area contributed by atoms with Gasteiger partial charge in [-0.3, -0.25) is 9.36 Å². The highest BCUT2D eigenvalue weighted by molar-refractivity contribution is 7.07. The van der Waals surface area contributed by atoms with Crippen LogP contribution < -0.4 is 33.8 Å². The number of hydrogen-bond donors (Lipinski definition) is 0. The van der Waals surface area contributed by atoms with Crippen molar-refractivity contribution in [3.05, 3.63) is 144 Å². The third-order valence-electron chi connectivity index (χ3n) is 7.88. The highest BCUT2D eigenvalue weighted by atomic mass is 32.1. The molecule has 3 heterocycles. The number of nitrogens with zero attached hydrogens (tertiary/aromatic N) is 2. The molecule has 4 aromatic carbocycles. The van der Waals surface area contributed by atoms with E-state index in [2.05, 4.69) is 0 Å². The molecule has 0 radical (unpaired) electrons. The Bertz CT molecular complexity index is 2230. The first-order chi connectivity index (χ1) is 23.4. The van der Waals surface area contributed by atoms with E-state index >= 15 is 0 Å². The van der Waals surface area contributed by atoms with Crippen molar-refractivity contribution in [3.63, 3.8) is 0 Å². The maximum Gasteiger partial charge on any atom is 0.338 e. The maximum atomic E-state index is 14.2. The molecule has 1 aromatic heterocycles. The summed E-state index contributed by atoms with van der Waals surface area (Å²) in [6, 6.07) is 25.1. The Labute approximate surface area is 278 Å². The van der Waals surface area contributed by atoms with Gasteiger partial charge in [-0.1, -0.05) is 65.9 Å². The summed E-state index contributed by atoms with van der Waals surface area (Å²) in [4.78, 5) is 33.0. The summed E-state index contributed by atoms with van der Waals surface area (Å²) < 4.78 is 43.9. The third kappa shape index (κ3) is 5.95. The summed E-state index contributed by atoms with van der Waals surface area (Å²) in [5.41, 5.74) is 3.05. The zero-order chi connectivity index (χ0) is 33.2. The average molecular weight is 665 g/mol. The zero-order valence-electron chi connectivity index (χ0n) is 26.0. The van der Waals surface area contributed by atoms with Crippen LogP contribution in [0.3, 0.4) is 0 Å². The van der Waals surface area contributed by atoms with Crippen molar-refractivity contribution in [3.8, 4) is 23.0 Å². The first-order valence-electron chi connectivity index (χ1n) is 15.2. The van der Waals surface area contributed by atoms with Gasteiger partial charge in [0.25, 0.3) is 5.56 Å². The summed E-state index contributed by atoms with van der Waals surface area (Å²) in [5, 5.41) is 0. The van der Waals surface area contributed by atoms with Gasteiger partial charge < -0.3 is 23.7 Å². The Hall–Kier alpha value is -5.68. The number of esters is 1. The second kappa shape index (κ2) is 13.2. The smallest absolute Gasteiger partial charge is 0.338 e. The summed E-state index contributed by atoms with van der Waals surface area (Å²) >= 11 is 1.19. The molecule has 1 atom stereocenters. The number of hydrogen-bond acceptors (Lipinski definition) is 9. The van der Waals surface area contributed by atoms with Gasteiger partial charge in [0.05, 0.1) is 35.6 Å². The van der Waals surface area contributed by atoms with Gasteiger partial charge >= 0.3 is 5.97 Å². The molecule has 0 spiro atoms. The Kier molecular flexibility index (Phi) is 8.51. The molecule has 7 rings (SSSR count). The zero-order valence-corrected chi connectivity index (χ0v) is 26.8. The normalized spacial score (nSPS) is 15.1. The van der Waals surface area contributed by atoms with Crippen molar-refractivity contribution in [1.82, 2.24) is 4.57 Å². The van der Waals surface area contributed by atoms with E-state index < -0.39 is 17.8 Å². The molecule has 0 N–H and O–H groups in total. The molecule has 2 aliphatic heterocycles. The number of thiazole rings is 1. The Balaban J connectivity index is 1.29. The van der Waals surface area contributed by atoms with E-state index in [1.807, 2.05) is 54.6 Å². The molecule has 242 valence electrons. The molecule has 0 saturated carbocycles. The fourth-order valence-electron chi connectivity index (χ4n) is 5.64. The lowest BCUT2D eigenvalue weighted by molar-refractivity contribution is -0.138. The number of fused-ring (bicyclic) bond motifs is 2. The van der Waals surface area contributed by atoms with Crippen LogP contribution in [-0.2, 0) is 16.1 Å². The van der Waals surface area contributed by atoms with Crippen LogP contribution in [0.5, 0.6) is 23.0 Å². The predicted molar refractivity (Wildman–Crippen MR) is 177 cm³/mol. The Morgan fingerprint density at radius 2 is 1.79 bits per heavy atom. The number of benzene rings is 4. The molecule has 0 saturated heterocycles. The van der Waals surface area contributed by atoms with Crippen LogP contribution in [0.2, 0.25) is 0 Å². The second-order valence-electron chi connectivity index (χ2n) is 10.9. The molecule has 5 aromatic rings. The summed E-state index contributed by atoms with van der Waals surface area (Å²) in [7, 11) is 1.55.